The summed E-state index contributed by atoms with van der Waals surface area (Å²) in [4.78, 5) is 14.4. The Labute approximate surface area is 96.6 Å². The van der Waals surface area contributed by atoms with Gasteiger partial charge in [0.1, 0.15) is 11.1 Å². The number of aliphatic hydroxyl groups excluding tert-OH is 2. The number of halogens is 1. The highest BCUT2D eigenvalue weighted by Gasteiger charge is 2.24. The van der Waals surface area contributed by atoms with Gasteiger partial charge >= 0.3 is 0 Å². The molecule has 1 aromatic rings. The molecule has 16 heavy (non-hydrogen) atoms. The standard InChI is InChI=1S/C9H11ClN2O4/c1-16-9-5(10)2-4(3-12-9)6(13)7(14)8(11)15/h2-3,6-7,13-14H,1H3,(H2,11,15). The molecule has 2 unspecified atom stereocenters. The third-order valence-electron chi connectivity index (χ3n) is 1.95. The number of aromatic nitrogens is 1. The zero-order valence-corrected chi connectivity index (χ0v) is 9.18. The molecule has 0 aromatic carbocycles. The highest BCUT2D eigenvalue weighted by molar-refractivity contribution is 6.31. The van der Waals surface area contributed by atoms with Gasteiger partial charge in [0.15, 0.2) is 6.10 Å². The number of hydrogen-bond donors (Lipinski definition) is 3. The second-order valence-electron chi connectivity index (χ2n) is 3.05. The van der Waals surface area contributed by atoms with E-state index in [2.05, 4.69) is 4.98 Å². The molecule has 0 saturated heterocycles. The molecule has 7 heteroatoms. The Bertz CT molecular complexity index is 399. The normalized spacial score (nSPS) is 14.2. The lowest BCUT2D eigenvalue weighted by Crippen LogP contribution is -2.33. The number of amides is 1. The summed E-state index contributed by atoms with van der Waals surface area (Å²) in [6.45, 7) is 0. The number of nitrogens with zero attached hydrogens (tertiary/aromatic N) is 1. The molecule has 2 atom stereocenters. The van der Waals surface area contributed by atoms with Crippen molar-refractivity contribution in [3.8, 4) is 5.88 Å². The molecular formula is C9H11ClN2O4. The Morgan fingerprint density at radius 2 is 2.25 bits per heavy atom. The van der Waals surface area contributed by atoms with Crippen LogP contribution in [-0.2, 0) is 4.79 Å². The van der Waals surface area contributed by atoms with E-state index >= 15 is 0 Å². The van der Waals surface area contributed by atoms with Crippen molar-refractivity contribution in [2.24, 2.45) is 5.73 Å². The Kier molecular flexibility index (Phi) is 4.05. The molecule has 0 radical (unpaired) electrons. The first kappa shape index (κ1) is 12.7. The van der Waals surface area contributed by atoms with Crippen LogP contribution < -0.4 is 10.5 Å². The lowest BCUT2D eigenvalue weighted by atomic mass is 10.1. The number of ether oxygens (including phenoxy) is 1. The SMILES string of the molecule is COc1ncc(C(O)C(O)C(N)=O)cc1Cl. The van der Waals surface area contributed by atoms with Crippen LogP contribution >= 0.6 is 11.6 Å². The summed E-state index contributed by atoms with van der Waals surface area (Å²) in [6.07, 6.45) is -1.93. The average Bonchev–Trinajstić information content (AvgIpc) is 2.26. The van der Waals surface area contributed by atoms with Gasteiger partial charge in [-0.3, -0.25) is 4.79 Å². The van der Waals surface area contributed by atoms with Crippen LogP contribution in [0.2, 0.25) is 5.02 Å². The zero-order chi connectivity index (χ0) is 12.3. The number of nitrogens with two attached hydrogens (primary N) is 1. The van der Waals surface area contributed by atoms with E-state index in [9.17, 15) is 15.0 Å². The molecular weight excluding hydrogens is 236 g/mol. The minimum absolute atomic E-state index is 0.163. The fourth-order valence-corrected chi connectivity index (χ4v) is 1.34. The van der Waals surface area contributed by atoms with Crippen molar-refractivity contribution in [1.29, 1.82) is 0 Å². The molecule has 0 aliphatic carbocycles. The molecule has 1 heterocycles. The number of carbonyl (C=O) groups is 1. The van der Waals surface area contributed by atoms with Crippen LogP contribution in [-0.4, -0.2) is 34.3 Å². The van der Waals surface area contributed by atoms with Gasteiger partial charge in [-0.15, -0.1) is 0 Å². The number of primary amides is 1. The smallest absolute Gasteiger partial charge is 0.249 e. The van der Waals surface area contributed by atoms with Gasteiger partial charge in [0.05, 0.1) is 7.11 Å². The van der Waals surface area contributed by atoms with Crippen LogP contribution in [0.5, 0.6) is 5.88 Å². The van der Waals surface area contributed by atoms with E-state index in [1.165, 1.54) is 19.4 Å². The van der Waals surface area contributed by atoms with Crippen LogP contribution in [0, 0.1) is 0 Å². The number of pyridine rings is 1. The van der Waals surface area contributed by atoms with E-state index < -0.39 is 18.1 Å². The topological polar surface area (TPSA) is 106 Å². The minimum Gasteiger partial charge on any atom is -0.480 e. The predicted octanol–water partition coefficient (Wildman–Crippen LogP) is -0.377. The first-order valence-electron chi connectivity index (χ1n) is 4.32. The maximum atomic E-state index is 10.7. The predicted molar refractivity (Wildman–Crippen MR) is 56.0 cm³/mol. The third-order valence-corrected chi connectivity index (χ3v) is 2.22. The highest BCUT2D eigenvalue weighted by atomic mass is 35.5. The molecule has 0 spiro atoms. The van der Waals surface area contributed by atoms with E-state index in [4.69, 9.17) is 22.1 Å². The summed E-state index contributed by atoms with van der Waals surface area (Å²) in [5, 5.41) is 19.0. The third kappa shape index (κ3) is 2.60. The van der Waals surface area contributed by atoms with Crippen LogP contribution in [0.4, 0.5) is 0 Å². The maximum Gasteiger partial charge on any atom is 0.249 e. The molecule has 4 N–H and O–H groups in total. The van der Waals surface area contributed by atoms with Gasteiger partial charge in [-0.1, -0.05) is 11.6 Å². The molecule has 1 amide bonds. The summed E-state index contributed by atoms with van der Waals surface area (Å²) >= 11 is 5.76. The summed E-state index contributed by atoms with van der Waals surface area (Å²) in [7, 11) is 1.39. The van der Waals surface area contributed by atoms with Crippen molar-refractivity contribution < 1.29 is 19.7 Å². The molecule has 0 bridgehead atoms. The Hall–Kier alpha value is -1.37. The van der Waals surface area contributed by atoms with Crippen molar-refractivity contribution >= 4 is 17.5 Å². The Morgan fingerprint density at radius 1 is 1.62 bits per heavy atom. The monoisotopic (exact) mass is 246 g/mol. The van der Waals surface area contributed by atoms with Gasteiger partial charge in [0, 0.05) is 11.8 Å². The van der Waals surface area contributed by atoms with Gasteiger partial charge < -0.3 is 20.7 Å². The molecule has 0 aliphatic rings. The number of aliphatic hydroxyl groups is 2. The first-order chi connectivity index (χ1) is 7.47. The van der Waals surface area contributed by atoms with Gasteiger partial charge in [-0.2, -0.15) is 0 Å². The molecule has 6 nitrogen and oxygen atoms in total. The summed E-state index contributed by atoms with van der Waals surface area (Å²) in [5.41, 5.74) is 5.02. The zero-order valence-electron chi connectivity index (χ0n) is 8.42. The van der Waals surface area contributed by atoms with Crippen molar-refractivity contribution in [3.63, 3.8) is 0 Å². The Balaban J connectivity index is 2.97. The maximum absolute atomic E-state index is 10.7. The van der Waals surface area contributed by atoms with E-state index in [1.54, 1.807) is 0 Å². The van der Waals surface area contributed by atoms with Crippen LogP contribution in [0.25, 0.3) is 0 Å². The van der Waals surface area contributed by atoms with Crippen LogP contribution in [0.15, 0.2) is 12.3 Å². The average molecular weight is 247 g/mol. The van der Waals surface area contributed by atoms with Crippen LogP contribution in [0.3, 0.4) is 0 Å². The van der Waals surface area contributed by atoms with Crippen molar-refractivity contribution in [2.45, 2.75) is 12.2 Å². The lowest BCUT2D eigenvalue weighted by molar-refractivity contribution is -0.131. The summed E-state index contributed by atoms with van der Waals surface area (Å²) in [6, 6.07) is 1.34. The summed E-state index contributed by atoms with van der Waals surface area (Å²) in [5.74, 6) is -0.842. The molecule has 0 aliphatic heterocycles. The molecule has 0 saturated carbocycles. The van der Waals surface area contributed by atoms with Gasteiger partial charge in [-0.05, 0) is 6.07 Å². The fraction of sp³-hybridized carbons (Fsp3) is 0.333. The fourth-order valence-electron chi connectivity index (χ4n) is 1.09. The van der Waals surface area contributed by atoms with E-state index in [0.717, 1.165) is 0 Å². The van der Waals surface area contributed by atoms with Gasteiger partial charge in [0.25, 0.3) is 0 Å². The van der Waals surface area contributed by atoms with Crippen molar-refractivity contribution in [2.75, 3.05) is 7.11 Å². The van der Waals surface area contributed by atoms with E-state index in [0.29, 0.717) is 0 Å². The Morgan fingerprint density at radius 3 is 2.69 bits per heavy atom. The second kappa shape index (κ2) is 5.11. The summed E-state index contributed by atoms with van der Waals surface area (Å²) < 4.78 is 4.81. The van der Waals surface area contributed by atoms with Gasteiger partial charge in [-0.25, -0.2) is 4.98 Å². The van der Waals surface area contributed by atoms with Crippen LogP contribution in [0.1, 0.15) is 11.7 Å². The quantitative estimate of drug-likeness (QED) is 0.672. The van der Waals surface area contributed by atoms with Gasteiger partial charge in [0.2, 0.25) is 11.8 Å². The molecule has 1 aromatic heterocycles. The number of carbonyl (C=O) groups excluding carboxylic acids is 1. The number of methoxy groups -OCH3 is 1. The molecule has 88 valence electrons. The number of rotatable bonds is 4. The minimum atomic E-state index is -1.70. The van der Waals surface area contributed by atoms with Crippen molar-refractivity contribution in [3.05, 3.63) is 22.8 Å². The largest absolute Gasteiger partial charge is 0.480 e. The van der Waals surface area contributed by atoms with Crippen molar-refractivity contribution in [1.82, 2.24) is 4.98 Å². The lowest BCUT2D eigenvalue weighted by Gasteiger charge is -2.15. The van der Waals surface area contributed by atoms with E-state index in [1.807, 2.05) is 0 Å². The molecule has 1 rings (SSSR count). The first-order valence-corrected chi connectivity index (χ1v) is 4.70. The van der Waals surface area contributed by atoms with E-state index in [-0.39, 0.29) is 16.5 Å². The second-order valence-corrected chi connectivity index (χ2v) is 3.46. The highest BCUT2D eigenvalue weighted by Crippen LogP contribution is 2.26. The molecule has 0 fully saturated rings. The number of hydrogen-bond acceptors (Lipinski definition) is 5.